The van der Waals surface area contributed by atoms with Crippen molar-refractivity contribution in [3.63, 3.8) is 0 Å². The van der Waals surface area contributed by atoms with Crippen molar-refractivity contribution in [3.8, 4) is 11.4 Å². The largest absolute Gasteiger partial charge is 0.375 e. The zero-order chi connectivity index (χ0) is 20.4. The summed E-state index contributed by atoms with van der Waals surface area (Å²) in [4.78, 5) is 0.190. The van der Waals surface area contributed by atoms with Gasteiger partial charge in [0.15, 0.2) is 15.7 Å². The van der Waals surface area contributed by atoms with E-state index in [-0.39, 0.29) is 17.1 Å². The van der Waals surface area contributed by atoms with Gasteiger partial charge in [-0.15, -0.1) is 10.2 Å². The number of nitrogens with one attached hydrogen (secondary N) is 1. The molecule has 2 aromatic carbocycles. The first-order chi connectivity index (χ1) is 13.9. The van der Waals surface area contributed by atoms with Crippen molar-refractivity contribution < 1.29 is 12.8 Å². The fraction of sp³-hybridized carbons (Fsp3) is 0.125. The molecule has 4 rings (SSSR count). The molecular weight excluding hydrogens is 401 g/mol. The van der Waals surface area contributed by atoms with Gasteiger partial charge >= 0.3 is 0 Å². The molecule has 29 heavy (non-hydrogen) atoms. The second-order valence-corrected chi connectivity index (χ2v) is 8.06. The predicted octanol–water partition coefficient (Wildman–Crippen LogP) is 0.793. The molecule has 13 heteroatoms. The highest BCUT2D eigenvalue weighted by atomic mass is 32.2. The van der Waals surface area contributed by atoms with E-state index in [1.54, 1.807) is 24.3 Å². The molecule has 4 aromatic rings. The van der Waals surface area contributed by atoms with Crippen molar-refractivity contribution in [1.29, 1.82) is 0 Å². The van der Waals surface area contributed by atoms with Crippen LogP contribution in [0.15, 0.2) is 53.7 Å². The maximum atomic E-state index is 14.2. The molecule has 0 spiro atoms. The number of hydrogen-bond donors (Lipinski definition) is 1. The summed E-state index contributed by atoms with van der Waals surface area (Å²) < 4.78 is 40.2. The normalized spacial score (nSPS) is 11.5. The lowest BCUT2D eigenvalue weighted by Gasteiger charge is -2.10. The minimum atomic E-state index is -3.30. The molecule has 0 saturated heterocycles. The molecule has 11 nitrogen and oxygen atoms in total. The van der Waals surface area contributed by atoms with Crippen LogP contribution in [0, 0.1) is 5.82 Å². The van der Waals surface area contributed by atoms with Gasteiger partial charge in [0.25, 0.3) is 0 Å². The summed E-state index contributed by atoms with van der Waals surface area (Å²) in [5.74, 6) is -0.0531. The number of anilines is 1. The van der Waals surface area contributed by atoms with Crippen LogP contribution in [-0.4, -0.2) is 55.1 Å². The molecular formula is C16H14FN9O2S. The van der Waals surface area contributed by atoms with E-state index < -0.39 is 15.7 Å². The van der Waals surface area contributed by atoms with Gasteiger partial charge in [0.2, 0.25) is 0 Å². The molecule has 0 unspecified atom stereocenters. The van der Waals surface area contributed by atoms with Crippen molar-refractivity contribution in [1.82, 2.24) is 40.4 Å². The van der Waals surface area contributed by atoms with E-state index in [0.29, 0.717) is 17.2 Å². The number of aromatic nitrogens is 8. The van der Waals surface area contributed by atoms with Gasteiger partial charge in [0.1, 0.15) is 12.1 Å². The number of rotatable bonds is 6. The molecule has 0 aliphatic carbocycles. The Hall–Kier alpha value is -3.74. The van der Waals surface area contributed by atoms with Crippen LogP contribution in [0.2, 0.25) is 0 Å². The fourth-order valence-electron chi connectivity index (χ4n) is 2.60. The molecule has 0 amide bonds. The van der Waals surface area contributed by atoms with Gasteiger partial charge in [-0.1, -0.05) is 0 Å². The fourth-order valence-corrected chi connectivity index (χ4v) is 3.23. The van der Waals surface area contributed by atoms with Crippen LogP contribution < -0.4 is 5.32 Å². The van der Waals surface area contributed by atoms with Gasteiger partial charge in [-0.25, -0.2) is 17.5 Å². The highest BCUT2D eigenvalue weighted by Gasteiger charge is 2.12. The number of hydrogen-bond acceptors (Lipinski definition) is 9. The molecule has 0 aliphatic heterocycles. The molecule has 0 aliphatic rings. The topological polar surface area (TPSA) is 133 Å². The smallest absolute Gasteiger partial charge is 0.175 e. The Morgan fingerprint density at radius 2 is 1.79 bits per heavy atom. The quantitative estimate of drug-likeness (QED) is 0.485. The summed E-state index contributed by atoms with van der Waals surface area (Å²) >= 11 is 0. The van der Waals surface area contributed by atoms with Crippen LogP contribution >= 0.6 is 0 Å². The first-order valence-electron chi connectivity index (χ1n) is 8.26. The first kappa shape index (κ1) is 18.6. The van der Waals surface area contributed by atoms with Crippen LogP contribution in [0.5, 0.6) is 0 Å². The average molecular weight is 415 g/mol. The van der Waals surface area contributed by atoms with Gasteiger partial charge in [-0.2, -0.15) is 4.68 Å². The van der Waals surface area contributed by atoms with E-state index in [1.807, 2.05) is 0 Å². The van der Waals surface area contributed by atoms with Crippen LogP contribution in [-0.2, 0) is 16.4 Å². The highest BCUT2D eigenvalue weighted by Crippen LogP contribution is 2.19. The van der Waals surface area contributed by atoms with Gasteiger partial charge in [-0.3, -0.25) is 0 Å². The Morgan fingerprint density at radius 1 is 1.03 bits per heavy atom. The van der Waals surface area contributed by atoms with Crippen molar-refractivity contribution in [2.24, 2.45) is 0 Å². The molecule has 0 radical (unpaired) electrons. The Balaban J connectivity index is 1.55. The number of tetrazole rings is 2. The lowest BCUT2D eigenvalue weighted by atomic mass is 10.2. The monoisotopic (exact) mass is 415 g/mol. The molecule has 0 saturated carbocycles. The Morgan fingerprint density at radius 3 is 2.48 bits per heavy atom. The Bertz CT molecular complexity index is 1240. The van der Waals surface area contributed by atoms with E-state index >= 15 is 0 Å². The third kappa shape index (κ3) is 3.94. The third-order valence-corrected chi connectivity index (χ3v) is 5.17. The Labute approximate surface area is 164 Å². The van der Waals surface area contributed by atoms with E-state index in [0.717, 1.165) is 6.26 Å². The molecule has 1 N–H and O–H groups in total. The van der Waals surface area contributed by atoms with Crippen molar-refractivity contribution in [2.45, 2.75) is 11.4 Å². The summed E-state index contributed by atoms with van der Waals surface area (Å²) in [5, 5.41) is 25.3. The minimum Gasteiger partial charge on any atom is -0.375 e. The maximum absolute atomic E-state index is 14.2. The van der Waals surface area contributed by atoms with Crippen LogP contribution in [0.4, 0.5) is 10.1 Å². The number of benzene rings is 2. The van der Waals surface area contributed by atoms with E-state index in [9.17, 15) is 12.8 Å². The average Bonchev–Trinajstić information content (AvgIpc) is 3.39. The predicted molar refractivity (Wildman–Crippen MR) is 98.7 cm³/mol. The highest BCUT2D eigenvalue weighted by molar-refractivity contribution is 7.90. The lowest BCUT2D eigenvalue weighted by molar-refractivity contribution is 0.602. The van der Waals surface area contributed by atoms with Gasteiger partial charge in [0, 0.05) is 6.26 Å². The summed E-state index contributed by atoms with van der Waals surface area (Å²) in [5.41, 5.74) is 1.37. The van der Waals surface area contributed by atoms with E-state index in [4.69, 9.17) is 0 Å². The molecule has 0 fully saturated rings. The molecule has 0 bridgehead atoms. The zero-order valence-corrected chi connectivity index (χ0v) is 15.8. The van der Waals surface area contributed by atoms with Crippen LogP contribution in [0.25, 0.3) is 11.4 Å². The molecule has 148 valence electrons. The minimum absolute atomic E-state index is 0.122. The summed E-state index contributed by atoms with van der Waals surface area (Å²) in [6.07, 6.45) is 2.53. The second kappa shape index (κ2) is 7.35. The molecule has 0 atom stereocenters. The second-order valence-electron chi connectivity index (χ2n) is 6.05. The summed E-state index contributed by atoms with van der Waals surface area (Å²) in [6, 6.07) is 10.5. The van der Waals surface area contributed by atoms with Gasteiger partial charge in [0.05, 0.1) is 28.5 Å². The first-order valence-corrected chi connectivity index (χ1v) is 10.2. The summed E-state index contributed by atoms with van der Waals surface area (Å²) in [6.45, 7) is 0.122. The van der Waals surface area contributed by atoms with E-state index in [2.05, 4.69) is 36.4 Å². The van der Waals surface area contributed by atoms with E-state index in [1.165, 1.54) is 33.9 Å². The summed E-state index contributed by atoms with van der Waals surface area (Å²) in [7, 11) is -3.30. The lowest BCUT2D eigenvalue weighted by Crippen LogP contribution is -2.10. The van der Waals surface area contributed by atoms with Crippen molar-refractivity contribution in [3.05, 3.63) is 60.4 Å². The molecule has 2 heterocycles. The van der Waals surface area contributed by atoms with Gasteiger partial charge in [-0.05, 0) is 63.3 Å². The molecule has 2 aromatic heterocycles. The zero-order valence-electron chi connectivity index (χ0n) is 15.0. The Kier molecular flexibility index (Phi) is 4.72. The van der Waals surface area contributed by atoms with Crippen LogP contribution in [0.1, 0.15) is 5.82 Å². The SMILES string of the molecule is CS(=O)(=O)c1ccc(-n2nnnc2CNc2cc(-n3cnnn3)ccc2F)cc1. The standard InChI is InChI=1S/C16H14FN9O2S/c1-29(27,28)13-5-2-11(3-6-13)26-16(20-22-24-26)9-18-15-8-12(4-7-14(15)17)25-10-19-21-23-25/h2-8,10,18H,9H2,1H3. The van der Waals surface area contributed by atoms with Crippen molar-refractivity contribution >= 4 is 15.5 Å². The number of sulfone groups is 1. The van der Waals surface area contributed by atoms with Crippen LogP contribution in [0.3, 0.4) is 0 Å². The maximum Gasteiger partial charge on any atom is 0.175 e. The van der Waals surface area contributed by atoms with Crippen molar-refractivity contribution in [2.75, 3.05) is 11.6 Å². The van der Waals surface area contributed by atoms with Gasteiger partial charge < -0.3 is 5.32 Å². The number of halogens is 1. The third-order valence-electron chi connectivity index (χ3n) is 4.04. The number of nitrogens with zero attached hydrogens (tertiary/aromatic N) is 8.